The van der Waals surface area contributed by atoms with E-state index in [0.717, 1.165) is 13.0 Å². The molecule has 1 heterocycles. The first-order valence-corrected chi connectivity index (χ1v) is 2.93. The second-order valence-electron chi connectivity index (χ2n) is 2.93. The molecule has 0 aromatic heterocycles. The second kappa shape index (κ2) is 1.07. The van der Waals surface area contributed by atoms with Crippen LogP contribution in [0.5, 0.6) is 0 Å². The van der Waals surface area contributed by atoms with Gasteiger partial charge in [-0.1, -0.05) is 0 Å². The van der Waals surface area contributed by atoms with Crippen molar-refractivity contribution in [2.75, 3.05) is 13.1 Å². The minimum Gasteiger partial charge on any atom is -0.388 e. The number of nitrogens with zero attached hydrogens (tertiary/aromatic N) is 1. The Morgan fingerprint density at radius 1 is 1.75 bits per heavy atom. The van der Waals surface area contributed by atoms with Crippen molar-refractivity contribution in [1.29, 1.82) is 0 Å². The molecule has 1 saturated carbocycles. The summed E-state index contributed by atoms with van der Waals surface area (Å²) in [5.74, 6) is 5.91. The Hall–Kier alpha value is -0.120. The van der Waals surface area contributed by atoms with Crippen LogP contribution in [0.3, 0.4) is 0 Å². The molecule has 2 aliphatic rings. The molecule has 2 fully saturated rings. The molecule has 1 aliphatic heterocycles. The van der Waals surface area contributed by atoms with E-state index in [1.807, 2.05) is 0 Å². The van der Waals surface area contributed by atoms with E-state index in [0.29, 0.717) is 12.5 Å². The third-order valence-corrected chi connectivity index (χ3v) is 2.13. The summed E-state index contributed by atoms with van der Waals surface area (Å²) < 4.78 is 0. The van der Waals surface area contributed by atoms with Crippen LogP contribution in [0.4, 0.5) is 0 Å². The predicted octanol–water partition coefficient (Wildman–Crippen LogP) is -1.07. The van der Waals surface area contributed by atoms with Crippen LogP contribution in [0.25, 0.3) is 0 Å². The monoisotopic (exact) mass is 114 g/mol. The number of hydrazine groups is 1. The molecule has 2 atom stereocenters. The van der Waals surface area contributed by atoms with Gasteiger partial charge in [-0.25, -0.2) is 5.01 Å². The lowest BCUT2D eigenvalue weighted by Crippen LogP contribution is -2.33. The summed E-state index contributed by atoms with van der Waals surface area (Å²) in [4.78, 5) is 0. The van der Waals surface area contributed by atoms with Crippen molar-refractivity contribution in [2.45, 2.75) is 12.0 Å². The van der Waals surface area contributed by atoms with Gasteiger partial charge in [0.1, 0.15) is 0 Å². The van der Waals surface area contributed by atoms with Crippen molar-refractivity contribution in [3.8, 4) is 0 Å². The molecule has 1 saturated heterocycles. The van der Waals surface area contributed by atoms with Gasteiger partial charge in [0, 0.05) is 19.0 Å². The summed E-state index contributed by atoms with van der Waals surface area (Å²) in [6.07, 6.45) is 0.973. The van der Waals surface area contributed by atoms with Gasteiger partial charge in [0.2, 0.25) is 0 Å². The first-order valence-electron chi connectivity index (χ1n) is 2.93. The lowest BCUT2D eigenvalue weighted by Gasteiger charge is -2.09. The van der Waals surface area contributed by atoms with Crippen LogP contribution in [-0.4, -0.2) is 28.8 Å². The van der Waals surface area contributed by atoms with Crippen molar-refractivity contribution in [3.05, 3.63) is 0 Å². The zero-order valence-corrected chi connectivity index (χ0v) is 4.67. The Balaban J connectivity index is 2.10. The Bertz CT molecular complexity index is 128. The smallest absolute Gasteiger partial charge is 0.0834 e. The van der Waals surface area contributed by atoms with E-state index in [2.05, 4.69) is 0 Å². The predicted molar refractivity (Wildman–Crippen MR) is 28.8 cm³/mol. The Labute approximate surface area is 48.1 Å². The average molecular weight is 114 g/mol. The number of piperidine rings is 1. The zero-order chi connectivity index (χ0) is 5.78. The molecule has 1 aliphatic carbocycles. The Morgan fingerprint density at radius 2 is 2.50 bits per heavy atom. The van der Waals surface area contributed by atoms with Gasteiger partial charge < -0.3 is 5.11 Å². The van der Waals surface area contributed by atoms with Crippen molar-refractivity contribution in [3.63, 3.8) is 0 Å². The third kappa shape index (κ3) is 0.438. The van der Waals surface area contributed by atoms with Gasteiger partial charge in [0.15, 0.2) is 0 Å². The van der Waals surface area contributed by atoms with Crippen LogP contribution in [0.1, 0.15) is 6.42 Å². The molecule has 0 amide bonds. The van der Waals surface area contributed by atoms with E-state index in [4.69, 9.17) is 5.84 Å². The van der Waals surface area contributed by atoms with Gasteiger partial charge in [-0.2, -0.15) is 0 Å². The normalized spacial score (nSPS) is 54.0. The lowest BCUT2D eigenvalue weighted by molar-refractivity contribution is 0.129. The maximum atomic E-state index is 9.32. The Morgan fingerprint density at radius 3 is 2.75 bits per heavy atom. The number of β-amino-alcohol motifs (C(OH)–C–C–N with tert-alkyl or cyclic N) is 1. The molecule has 46 valence electrons. The van der Waals surface area contributed by atoms with Crippen molar-refractivity contribution >= 4 is 0 Å². The summed E-state index contributed by atoms with van der Waals surface area (Å²) in [5, 5.41) is 11.0. The van der Waals surface area contributed by atoms with E-state index in [-0.39, 0.29) is 5.60 Å². The zero-order valence-electron chi connectivity index (χ0n) is 4.67. The molecule has 3 heteroatoms. The highest BCUT2D eigenvalue weighted by atomic mass is 16.3. The van der Waals surface area contributed by atoms with Crippen LogP contribution >= 0.6 is 0 Å². The SMILES string of the molecule is NN1CC2CC2(O)C1. The molecule has 2 unspecified atom stereocenters. The second-order valence-corrected chi connectivity index (χ2v) is 2.93. The van der Waals surface area contributed by atoms with Crippen LogP contribution in [0, 0.1) is 5.92 Å². The summed E-state index contributed by atoms with van der Waals surface area (Å²) in [6, 6.07) is 0. The van der Waals surface area contributed by atoms with E-state index < -0.39 is 0 Å². The van der Waals surface area contributed by atoms with E-state index in [1.165, 1.54) is 0 Å². The molecule has 0 bridgehead atoms. The third-order valence-electron chi connectivity index (χ3n) is 2.13. The molecule has 0 aromatic rings. The number of aliphatic hydroxyl groups is 1. The fourth-order valence-corrected chi connectivity index (χ4v) is 1.50. The van der Waals surface area contributed by atoms with Gasteiger partial charge in [0.25, 0.3) is 0 Å². The highest BCUT2D eigenvalue weighted by Gasteiger charge is 2.58. The van der Waals surface area contributed by atoms with Gasteiger partial charge >= 0.3 is 0 Å². The van der Waals surface area contributed by atoms with Gasteiger partial charge in [-0.05, 0) is 6.42 Å². The van der Waals surface area contributed by atoms with E-state index in [1.54, 1.807) is 5.01 Å². The summed E-state index contributed by atoms with van der Waals surface area (Å²) >= 11 is 0. The fraction of sp³-hybridized carbons (Fsp3) is 1.00. The molecule has 0 aromatic carbocycles. The van der Waals surface area contributed by atoms with Crippen LogP contribution in [0.2, 0.25) is 0 Å². The van der Waals surface area contributed by atoms with Gasteiger partial charge in [-0.3, -0.25) is 5.84 Å². The standard InChI is InChI=1S/C5H10N2O/c6-7-2-4-1-5(4,8)3-7/h4,8H,1-3,6H2. The minimum atomic E-state index is -0.366. The number of hydrogen-bond donors (Lipinski definition) is 2. The van der Waals surface area contributed by atoms with E-state index >= 15 is 0 Å². The molecule has 2 rings (SSSR count). The molecule has 8 heavy (non-hydrogen) atoms. The molecule has 0 spiro atoms. The molecular weight excluding hydrogens is 104 g/mol. The number of nitrogens with two attached hydrogens (primary N) is 1. The molecule has 3 nitrogen and oxygen atoms in total. The van der Waals surface area contributed by atoms with Crippen molar-refractivity contribution in [1.82, 2.24) is 5.01 Å². The van der Waals surface area contributed by atoms with Gasteiger partial charge in [0.05, 0.1) is 5.60 Å². The van der Waals surface area contributed by atoms with Crippen LogP contribution in [-0.2, 0) is 0 Å². The van der Waals surface area contributed by atoms with Crippen molar-refractivity contribution < 1.29 is 5.11 Å². The Kier molecular flexibility index (Phi) is 0.635. The van der Waals surface area contributed by atoms with Crippen LogP contribution in [0.15, 0.2) is 0 Å². The van der Waals surface area contributed by atoms with Crippen LogP contribution < -0.4 is 5.84 Å². The first-order chi connectivity index (χ1) is 3.71. The maximum absolute atomic E-state index is 9.32. The number of hydrogen-bond acceptors (Lipinski definition) is 3. The van der Waals surface area contributed by atoms with Gasteiger partial charge in [-0.15, -0.1) is 0 Å². The molecule has 3 N–H and O–H groups in total. The highest BCUT2D eigenvalue weighted by Crippen LogP contribution is 2.48. The molecular formula is C5H10N2O. The van der Waals surface area contributed by atoms with Crippen molar-refractivity contribution in [2.24, 2.45) is 11.8 Å². The quantitative estimate of drug-likeness (QED) is 0.394. The molecule has 0 radical (unpaired) electrons. The minimum absolute atomic E-state index is 0.366. The summed E-state index contributed by atoms with van der Waals surface area (Å²) in [5.41, 5.74) is -0.366. The first kappa shape index (κ1) is 4.73. The highest BCUT2D eigenvalue weighted by molar-refractivity contribution is 5.10. The average Bonchev–Trinajstić information content (AvgIpc) is 2.07. The number of fused-ring (bicyclic) bond motifs is 1. The fourth-order valence-electron chi connectivity index (χ4n) is 1.50. The number of rotatable bonds is 0. The van der Waals surface area contributed by atoms with E-state index in [9.17, 15) is 5.11 Å². The summed E-state index contributed by atoms with van der Waals surface area (Å²) in [7, 11) is 0. The largest absolute Gasteiger partial charge is 0.388 e. The topological polar surface area (TPSA) is 49.5 Å². The maximum Gasteiger partial charge on any atom is 0.0834 e. The lowest BCUT2D eigenvalue weighted by atomic mass is 10.3. The summed E-state index contributed by atoms with van der Waals surface area (Å²) in [6.45, 7) is 1.56.